The van der Waals surface area contributed by atoms with E-state index in [-0.39, 0.29) is 17.9 Å². The van der Waals surface area contributed by atoms with Crippen LogP contribution in [0.1, 0.15) is 25.3 Å². The first kappa shape index (κ1) is 15.5. The molecule has 122 valence electrons. The lowest BCUT2D eigenvalue weighted by Crippen LogP contribution is -2.47. The Kier molecular flexibility index (Phi) is 4.27. The molecule has 0 N–H and O–H groups in total. The Morgan fingerprint density at radius 2 is 1.96 bits per heavy atom. The molecule has 1 aromatic heterocycles. The average Bonchev–Trinajstić information content (AvgIpc) is 3.01. The van der Waals surface area contributed by atoms with Gasteiger partial charge in [0.05, 0.1) is 6.42 Å². The van der Waals surface area contributed by atoms with E-state index in [1.807, 2.05) is 29.0 Å². The smallest absolute Gasteiger partial charge is 0.226 e. The van der Waals surface area contributed by atoms with Crippen molar-refractivity contribution < 1.29 is 14.2 Å². The fourth-order valence-electron chi connectivity index (χ4n) is 3.01. The number of rotatable bonds is 3. The number of hydrogen-bond acceptors (Lipinski definition) is 5. The predicted octanol–water partition coefficient (Wildman–Crippen LogP) is 1.23. The number of likely N-dealkylation sites (N-methyl/N-ethyl adjacent to an activating group) is 1. The number of amides is 2. The van der Waals surface area contributed by atoms with E-state index >= 15 is 0 Å². The fraction of sp³-hybridized carbons (Fsp3) is 0.500. The molecule has 0 spiro atoms. The molecule has 3 rings (SSSR count). The molecule has 0 unspecified atom stereocenters. The quantitative estimate of drug-likeness (QED) is 0.851. The number of fused-ring (bicyclic) bond motifs is 1. The summed E-state index contributed by atoms with van der Waals surface area (Å²) < 4.78 is 4.67. The molecule has 1 aliphatic rings. The topological polar surface area (TPSA) is 79.5 Å². The van der Waals surface area contributed by atoms with E-state index in [0.29, 0.717) is 30.5 Å². The SMILES string of the molecule is CC(=O)N1CCC(N(C)C(=O)Cc2ccc3nonc3c2)CC1. The molecule has 0 bridgehead atoms. The minimum absolute atomic E-state index is 0.0714. The molecule has 1 aromatic carbocycles. The normalized spacial score (nSPS) is 15.8. The third kappa shape index (κ3) is 3.33. The lowest BCUT2D eigenvalue weighted by Gasteiger charge is -2.36. The number of benzene rings is 1. The second-order valence-corrected chi connectivity index (χ2v) is 6.01. The Hall–Kier alpha value is -2.44. The van der Waals surface area contributed by atoms with E-state index in [0.717, 1.165) is 18.4 Å². The monoisotopic (exact) mass is 316 g/mol. The average molecular weight is 316 g/mol. The molecule has 2 aromatic rings. The summed E-state index contributed by atoms with van der Waals surface area (Å²) in [5.41, 5.74) is 2.24. The van der Waals surface area contributed by atoms with Crippen molar-refractivity contribution in [2.24, 2.45) is 0 Å². The summed E-state index contributed by atoms with van der Waals surface area (Å²) in [5, 5.41) is 7.55. The van der Waals surface area contributed by atoms with E-state index in [4.69, 9.17) is 0 Å². The fourth-order valence-corrected chi connectivity index (χ4v) is 3.01. The maximum Gasteiger partial charge on any atom is 0.226 e. The van der Waals surface area contributed by atoms with Crippen molar-refractivity contribution >= 4 is 22.8 Å². The maximum absolute atomic E-state index is 12.5. The molecular weight excluding hydrogens is 296 g/mol. The minimum Gasteiger partial charge on any atom is -0.343 e. The summed E-state index contributed by atoms with van der Waals surface area (Å²) >= 11 is 0. The van der Waals surface area contributed by atoms with E-state index in [9.17, 15) is 9.59 Å². The van der Waals surface area contributed by atoms with Gasteiger partial charge in [-0.15, -0.1) is 0 Å². The molecule has 2 amide bonds. The second-order valence-electron chi connectivity index (χ2n) is 6.01. The van der Waals surface area contributed by atoms with Crippen LogP contribution in [0.5, 0.6) is 0 Å². The van der Waals surface area contributed by atoms with Crippen LogP contribution in [0.15, 0.2) is 22.8 Å². The largest absolute Gasteiger partial charge is 0.343 e. The van der Waals surface area contributed by atoms with Gasteiger partial charge in [-0.25, -0.2) is 4.63 Å². The lowest BCUT2D eigenvalue weighted by molar-refractivity contribution is -0.134. The Bertz CT molecular complexity index is 719. The second kappa shape index (κ2) is 6.36. The van der Waals surface area contributed by atoms with Gasteiger partial charge in [0, 0.05) is 33.1 Å². The number of nitrogens with zero attached hydrogens (tertiary/aromatic N) is 4. The zero-order valence-corrected chi connectivity index (χ0v) is 13.4. The number of piperidine rings is 1. The van der Waals surface area contributed by atoms with Crippen LogP contribution in [-0.4, -0.2) is 58.1 Å². The Labute approximate surface area is 134 Å². The van der Waals surface area contributed by atoms with Gasteiger partial charge in [-0.1, -0.05) is 6.07 Å². The lowest BCUT2D eigenvalue weighted by atomic mass is 10.0. The van der Waals surface area contributed by atoms with Gasteiger partial charge in [0.25, 0.3) is 0 Å². The molecule has 1 aliphatic heterocycles. The first-order chi connectivity index (χ1) is 11.0. The molecule has 2 heterocycles. The Morgan fingerprint density at radius 1 is 1.26 bits per heavy atom. The van der Waals surface area contributed by atoms with Gasteiger partial charge in [0.1, 0.15) is 11.0 Å². The highest BCUT2D eigenvalue weighted by molar-refractivity contribution is 5.81. The molecule has 0 saturated carbocycles. The molecule has 0 radical (unpaired) electrons. The van der Waals surface area contributed by atoms with Gasteiger partial charge in [0.15, 0.2) is 0 Å². The number of aromatic nitrogens is 2. The summed E-state index contributed by atoms with van der Waals surface area (Å²) in [6.45, 7) is 3.02. The summed E-state index contributed by atoms with van der Waals surface area (Å²) in [4.78, 5) is 27.5. The number of carbonyl (C=O) groups excluding carboxylic acids is 2. The van der Waals surface area contributed by atoms with Crippen LogP contribution in [0.4, 0.5) is 0 Å². The van der Waals surface area contributed by atoms with Gasteiger partial charge in [-0.3, -0.25) is 9.59 Å². The van der Waals surface area contributed by atoms with Gasteiger partial charge >= 0.3 is 0 Å². The third-order valence-electron chi connectivity index (χ3n) is 4.52. The highest BCUT2D eigenvalue weighted by Gasteiger charge is 2.26. The van der Waals surface area contributed by atoms with Crippen LogP contribution >= 0.6 is 0 Å². The standard InChI is InChI=1S/C16H20N4O3/c1-11(21)20-7-5-13(6-8-20)19(2)16(22)10-12-3-4-14-15(9-12)18-23-17-14/h3-4,9,13H,5-8,10H2,1-2H3. The van der Waals surface area contributed by atoms with E-state index in [2.05, 4.69) is 14.9 Å². The van der Waals surface area contributed by atoms with Crippen LogP contribution < -0.4 is 0 Å². The first-order valence-corrected chi connectivity index (χ1v) is 7.77. The van der Waals surface area contributed by atoms with Crippen molar-refractivity contribution in [2.45, 2.75) is 32.2 Å². The van der Waals surface area contributed by atoms with Crippen molar-refractivity contribution in [1.29, 1.82) is 0 Å². The van der Waals surface area contributed by atoms with Gasteiger partial charge in [-0.05, 0) is 40.9 Å². The zero-order chi connectivity index (χ0) is 16.4. The molecule has 1 fully saturated rings. The van der Waals surface area contributed by atoms with E-state index < -0.39 is 0 Å². The number of carbonyl (C=O) groups is 2. The summed E-state index contributed by atoms with van der Waals surface area (Å²) in [5.74, 6) is 0.175. The molecular formula is C16H20N4O3. The minimum atomic E-state index is 0.0714. The predicted molar refractivity (Wildman–Crippen MR) is 83.6 cm³/mol. The van der Waals surface area contributed by atoms with Crippen molar-refractivity contribution in [3.05, 3.63) is 23.8 Å². The number of hydrogen-bond donors (Lipinski definition) is 0. The highest BCUT2D eigenvalue weighted by atomic mass is 16.6. The molecule has 23 heavy (non-hydrogen) atoms. The van der Waals surface area contributed by atoms with Crippen molar-refractivity contribution in [3.8, 4) is 0 Å². The molecule has 0 aliphatic carbocycles. The summed E-state index contributed by atoms with van der Waals surface area (Å²) in [6.07, 6.45) is 1.98. The van der Waals surface area contributed by atoms with Crippen LogP contribution in [0.2, 0.25) is 0 Å². The molecule has 7 nitrogen and oxygen atoms in total. The van der Waals surface area contributed by atoms with Gasteiger partial charge in [0.2, 0.25) is 11.8 Å². The van der Waals surface area contributed by atoms with Crippen molar-refractivity contribution in [1.82, 2.24) is 20.1 Å². The maximum atomic E-state index is 12.5. The van der Waals surface area contributed by atoms with Crippen LogP contribution in [0.3, 0.4) is 0 Å². The summed E-state index contributed by atoms with van der Waals surface area (Å²) in [7, 11) is 1.84. The van der Waals surface area contributed by atoms with Gasteiger partial charge < -0.3 is 9.80 Å². The Morgan fingerprint density at radius 3 is 2.65 bits per heavy atom. The highest BCUT2D eigenvalue weighted by Crippen LogP contribution is 2.18. The van der Waals surface area contributed by atoms with Crippen molar-refractivity contribution in [2.75, 3.05) is 20.1 Å². The van der Waals surface area contributed by atoms with Crippen LogP contribution in [0, 0.1) is 0 Å². The summed E-state index contributed by atoms with van der Waals surface area (Å²) in [6, 6.07) is 5.70. The Balaban J connectivity index is 1.60. The first-order valence-electron chi connectivity index (χ1n) is 7.77. The van der Waals surface area contributed by atoms with E-state index in [1.165, 1.54) is 0 Å². The van der Waals surface area contributed by atoms with Crippen molar-refractivity contribution in [3.63, 3.8) is 0 Å². The third-order valence-corrected chi connectivity index (χ3v) is 4.52. The van der Waals surface area contributed by atoms with Gasteiger partial charge in [-0.2, -0.15) is 0 Å². The van der Waals surface area contributed by atoms with E-state index in [1.54, 1.807) is 13.0 Å². The molecule has 1 saturated heterocycles. The molecule has 0 atom stereocenters. The number of likely N-dealkylation sites (tertiary alicyclic amines) is 1. The zero-order valence-electron chi connectivity index (χ0n) is 13.4. The van der Waals surface area contributed by atoms with Crippen LogP contribution in [-0.2, 0) is 16.0 Å². The van der Waals surface area contributed by atoms with Crippen LogP contribution in [0.25, 0.3) is 11.0 Å². The molecule has 7 heteroatoms.